The van der Waals surface area contributed by atoms with Crippen molar-refractivity contribution in [1.82, 2.24) is 20.0 Å². The summed E-state index contributed by atoms with van der Waals surface area (Å²) in [6, 6.07) is 5.43. The SMILES string of the molecule is CC(C)c1noc(CCC(=O)N2CCO[C@@H](c3cccc(N)n3)C2)n1. The maximum Gasteiger partial charge on any atom is 0.227 e. The molecule has 2 N–H and O–H groups in total. The average molecular weight is 345 g/mol. The number of pyridine rings is 1. The number of carbonyl (C=O) groups excluding carboxylic acids is 1. The minimum absolute atomic E-state index is 0.0431. The van der Waals surface area contributed by atoms with Crippen LogP contribution in [-0.2, 0) is 16.0 Å². The van der Waals surface area contributed by atoms with Gasteiger partial charge in [0.25, 0.3) is 0 Å². The number of aromatic nitrogens is 3. The predicted molar refractivity (Wildman–Crippen MR) is 90.6 cm³/mol. The second-order valence-electron chi connectivity index (χ2n) is 6.39. The van der Waals surface area contributed by atoms with Crippen LogP contribution < -0.4 is 5.73 Å². The number of rotatable bonds is 5. The van der Waals surface area contributed by atoms with Gasteiger partial charge in [0, 0.05) is 25.3 Å². The van der Waals surface area contributed by atoms with E-state index in [4.69, 9.17) is 15.0 Å². The molecule has 134 valence electrons. The average Bonchev–Trinajstić information content (AvgIpc) is 3.09. The van der Waals surface area contributed by atoms with Gasteiger partial charge in [0.2, 0.25) is 11.8 Å². The molecule has 0 saturated carbocycles. The molecule has 0 aromatic carbocycles. The van der Waals surface area contributed by atoms with E-state index in [2.05, 4.69) is 15.1 Å². The number of anilines is 1. The molecule has 1 atom stereocenters. The van der Waals surface area contributed by atoms with Gasteiger partial charge in [0.1, 0.15) is 11.9 Å². The first-order valence-electron chi connectivity index (χ1n) is 8.47. The number of nitrogens with zero attached hydrogens (tertiary/aromatic N) is 4. The summed E-state index contributed by atoms with van der Waals surface area (Å²) < 4.78 is 10.9. The number of nitrogens with two attached hydrogens (primary N) is 1. The molecule has 3 heterocycles. The number of hydrogen-bond donors (Lipinski definition) is 1. The van der Waals surface area contributed by atoms with Crippen LogP contribution in [0.15, 0.2) is 22.7 Å². The van der Waals surface area contributed by atoms with Crippen molar-refractivity contribution in [1.29, 1.82) is 0 Å². The van der Waals surface area contributed by atoms with Crippen LogP contribution in [-0.4, -0.2) is 45.6 Å². The summed E-state index contributed by atoms with van der Waals surface area (Å²) in [5.74, 6) is 1.86. The molecule has 8 heteroatoms. The second-order valence-corrected chi connectivity index (χ2v) is 6.39. The van der Waals surface area contributed by atoms with Crippen LogP contribution in [0.3, 0.4) is 0 Å². The zero-order chi connectivity index (χ0) is 17.8. The maximum absolute atomic E-state index is 12.5. The fourth-order valence-corrected chi connectivity index (χ4v) is 2.68. The Balaban J connectivity index is 1.56. The molecule has 0 aliphatic carbocycles. The Labute approximate surface area is 146 Å². The van der Waals surface area contributed by atoms with Crippen LogP contribution >= 0.6 is 0 Å². The molecule has 1 aliphatic rings. The van der Waals surface area contributed by atoms with Crippen LogP contribution in [0.2, 0.25) is 0 Å². The number of nitrogen functional groups attached to an aromatic ring is 1. The van der Waals surface area contributed by atoms with Gasteiger partial charge in [-0.3, -0.25) is 4.79 Å². The van der Waals surface area contributed by atoms with Crippen LogP contribution in [0.5, 0.6) is 0 Å². The van der Waals surface area contributed by atoms with E-state index in [0.717, 1.165) is 5.69 Å². The first-order chi connectivity index (χ1) is 12.0. The smallest absolute Gasteiger partial charge is 0.227 e. The second kappa shape index (κ2) is 7.60. The van der Waals surface area contributed by atoms with Crippen molar-refractivity contribution in [3.05, 3.63) is 35.6 Å². The lowest BCUT2D eigenvalue weighted by molar-refractivity contribution is -0.139. The predicted octanol–water partition coefficient (Wildman–Crippen LogP) is 1.70. The van der Waals surface area contributed by atoms with Gasteiger partial charge in [-0.25, -0.2) is 4.98 Å². The molecule has 0 unspecified atom stereocenters. The third-order valence-corrected chi connectivity index (χ3v) is 4.09. The van der Waals surface area contributed by atoms with Crippen LogP contribution in [0.25, 0.3) is 0 Å². The standard InChI is InChI=1S/C17H23N5O3/c1-11(2)17-20-15(25-21-17)6-7-16(23)22-8-9-24-13(10-22)12-4-3-5-14(18)19-12/h3-5,11,13H,6-10H2,1-2H3,(H2,18,19)/t13-/m1/s1. The third-order valence-electron chi connectivity index (χ3n) is 4.09. The molecule has 1 fully saturated rings. The van der Waals surface area contributed by atoms with Gasteiger partial charge in [-0.05, 0) is 12.1 Å². The lowest BCUT2D eigenvalue weighted by Gasteiger charge is -2.32. The molecule has 8 nitrogen and oxygen atoms in total. The summed E-state index contributed by atoms with van der Waals surface area (Å²) in [5, 5.41) is 3.92. The van der Waals surface area contributed by atoms with Crippen molar-refractivity contribution in [2.45, 2.75) is 38.7 Å². The highest BCUT2D eigenvalue weighted by atomic mass is 16.5. The van der Waals surface area contributed by atoms with E-state index in [0.29, 0.717) is 50.1 Å². The number of hydrogen-bond acceptors (Lipinski definition) is 7. The molecule has 0 bridgehead atoms. The Bertz CT molecular complexity index is 731. The summed E-state index contributed by atoms with van der Waals surface area (Å²) in [4.78, 5) is 22.9. The summed E-state index contributed by atoms with van der Waals surface area (Å²) in [7, 11) is 0. The largest absolute Gasteiger partial charge is 0.384 e. The lowest BCUT2D eigenvalue weighted by Crippen LogP contribution is -2.42. The van der Waals surface area contributed by atoms with Crippen LogP contribution in [0.1, 0.15) is 49.7 Å². The number of amides is 1. The highest BCUT2D eigenvalue weighted by molar-refractivity contribution is 5.76. The molecule has 0 radical (unpaired) electrons. The Morgan fingerprint density at radius 3 is 2.96 bits per heavy atom. The van der Waals surface area contributed by atoms with Crippen molar-refractivity contribution in [3.8, 4) is 0 Å². The number of ether oxygens (including phenoxy) is 1. The summed E-state index contributed by atoms with van der Waals surface area (Å²) >= 11 is 0. The van der Waals surface area contributed by atoms with E-state index in [9.17, 15) is 4.79 Å². The van der Waals surface area contributed by atoms with E-state index in [-0.39, 0.29) is 17.9 Å². The molecular formula is C17H23N5O3. The van der Waals surface area contributed by atoms with Crippen molar-refractivity contribution in [3.63, 3.8) is 0 Å². The van der Waals surface area contributed by atoms with Gasteiger partial charge >= 0.3 is 0 Å². The Morgan fingerprint density at radius 1 is 1.40 bits per heavy atom. The van der Waals surface area contributed by atoms with Gasteiger partial charge in [-0.2, -0.15) is 4.98 Å². The van der Waals surface area contributed by atoms with Crippen LogP contribution in [0, 0.1) is 0 Å². The number of carbonyl (C=O) groups is 1. The van der Waals surface area contributed by atoms with Crippen LogP contribution in [0.4, 0.5) is 5.82 Å². The number of aryl methyl sites for hydroxylation is 1. The topological polar surface area (TPSA) is 107 Å². The van der Waals surface area contributed by atoms with Gasteiger partial charge in [-0.1, -0.05) is 25.1 Å². The minimum atomic E-state index is -0.253. The minimum Gasteiger partial charge on any atom is -0.384 e. The monoisotopic (exact) mass is 345 g/mol. The van der Waals surface area contributed by atoms with Crippen molar-refractivity contribution < 1.29 is 14.1 Å². The fourth-order valence-electron chi connectivity index (χ4n) is 2.68. The molecule has 25 heavy (non-hydrogen) atoms. The highest BCUT2D eigenvalue weighted by Crippen LogP contribution is 2.22. The Kier molecular flexibility index (Phi) is 5.28. The first-order valence-corrected chi connectivity index (χ1v) is 8.47. The van der Waals surface area contributed by atoms with Crippen molar-refractivity contribution in [2.24, 2.45) is 0 Å². The number of morpholine rings is 1. The molecule has 2 aromatic rings. The van der Waals surface area contributed by atoms with Crippen molar-refractivity contribution >= 4 is 11.7 Å². The van der Waals surface area contributed by atoms with Crippen molar-refractivity contribution in [2.75, 3.05) is 25.4 Å². The fraction of sp³-hybridized carbons (Fsp3) is 0.529. The molecule has 1 aliphatic heterocycles. The Morgan fingerprint density at radius 2 is 2.24 bits per heavy atom. The maximum atomic E-state index is 12.5. The zero-order valence-corrected chi connectivity index (χ0v) is 14.5. The third kappa shape index (κ3) is 4.33. The van der Waals surface area contributed by atoms with E-state index < -0.39 is 0 Å². The highest BCUT2D eigenvalue weighted by Gasteiger charge is 2.26. The van der Waals surface area contributed by atoms with Gasteiger partial charge in [0.15, 0.2) is 5.82 Å². The quantitative estimate of drug-likeness (QED) is 0.878. The normalized spacial score (nSPS) is 17.9. The molecule has 3 rings (SSSR count). The van der Waals surface area contributed by atoms with E-state index in [1.807, 2.05) is 26.0 Å². The van der Waals surface area contributed by atoms with Gasteiger partial charge in [-0.15, -0.1) is 0 Å². The first kappa shape index (κ1) is 17.3. The van der Waals surface area contributed by atoms with E-state index in [1.165, 1.54) is 0 Å². The Hall–Kier alpha value is -2.48. The molecule has 1 amide bonds. The lowest BCUT2D eigenvalue weighted by atomic mass is 10.1. The molecule has 0 spiro atoms. The van der Waals surface area contributed by atoms with Gasteiger partial charge < -0.3 is 19.9 Å². The van der Waals surface area contributed by atoms with Gasteiger partial charge in [0.05, 0.1) is 18.8 Å². The van der Waals surface area contributed by atoms with E-state index >= 15 is 0 Å². The zero-order valence-electron chi connectivity index (χ0n) is 14.5. The molecule has 2 aromatic heterocycles. The molecular weight excluding hydrogens is 322 g/mol. The summed E-state index contributed by atoms with van der Waals surface area (Å²) in [6.45, 7) is 5.51. The summed E-state index contributed by atoms with van der Waals surface area (Å²) in [6.07, 6.45) is 0.519. The van der Waals surface area contributed by atoms with E-state index in [1.54, 1.807) is 11.0 Å². The molecule has 1 saturated heterocycles. The summed E-state index contributed by atoms with van der Waals surface area (Å²) in [5.41, 5.74) is 6.47.